The van der Waals surface area contributed by atoms with Crippen LogP contribution in [0.15, 0.2) is 71.7 Å². The quantitative estimate of drug-likeness (QED) is 0.461. The molecule has 2 N–H and O–H groups in total. The van der Waals surface area contributed by atoms with Crippen LogP contribution >= 0.6 is 0 Å². The van der Waals surface area contributed by atoms with Crippen molar-refractivity contribution in [3.8, 4) is 11.5 Å². The van der Waals surface area contributed by atoms with Gasteiger partial charge in [0, 0.05) is 18.2 Å². The number of ether oxygens (including phenoxy) is 2. The summed E-state index contributed by atoms with van der Waals surface area (Å²) >= 11 is 0. The molecule has 2 heterocycles. The van der Waals surface area contributed by atoms with Crippen LogP contribution in [0.2, 0.25) is 0 Å². The number of pyridine rings is 1. The van der Waals surface area contributed by atoms with E-state index in [9.17, 15) is 19.5 Å². The molecule has 0 saturated carbocycles. The number of fused-ring (bicyclic) bond motifs is 1. The topological polar surface area (TPSA) is 107 Å². The molecule has 1 aromatic heterocycles. The monoisotopic (exact) mass is 476 g/mol. The minimum atomic E-state index is -1.05. The fraction of sp³-hybridized carbons (Fsp3) is 0.296. The van der Waals surface area contributed by atoms with Crippen LogP contribution in [0.4, 0.5) is 0 Å². The Kier molecular flexibility index (Phi) is 7.50. The van der Waals surface area contributed by atoms with Crippen LogP contribution in [0.5, 0.6) is 11.5 Å². The van der Waals surface area contributed by atoms with E-state index in [1.165, 1.54) is 4.57 Å². The highest BCUT2D eigenvalue weighted by atomic mass is 16.7. The van der Waals surface area contributed by atoms with Crippen molar-refractivity contribution in [1.82, 2.24) is 9.88 Å². The van der Waals surface area contributed by atoms with Gasteiger partial charge in [0.15, 0.2) is 11.5 Å². The number of nitrogens with one attached hydrogen (secondary N) is 1. The van der Waals surface area contributed by atoms with Crippen molar-refractivity contribution in [2.75, 3.05) is 6.79 Å². The molecule has 8 heteroatoms. The van der Waals surface area contributed by atoms with Crippen LogP contribution in [0.3, 0.4) is 0 Å². The third-order valence-corrected chi connectivity index (χ3v) is 5.99. The summed E-state index contributed by atoms with van der Waals surface area (Å²) in [5.41, 5.74) is 1.95. The molecule has 0 aliphatic carbocycles. The lowest BCUT2D eigenvalue weighted by molar-refractivity contribution is -0.138. The van der Waals surface area contributed by atoms with Gasteiger partial charge in [-0.25, -0.2) is 0 Å². The number of aromatic nitrogens is 1. The molecule has 3 aromatic rings. The van der Waals surface area contributed by atoms with E-state index >= 15 is 0 Å². The average molecular weight is 477 g/mol. The van der Waals surface area contributed by atoms with Crippen molar-refractivity contribution in [2.24, 2.45) is 0 Å². The highest BCUT2D eigenvalue weighted by molar-refractivity contribution is 5.81. The molecule has 0 radical (unpaired) electrons. The fourth-order valence-electron chi connectivity index (χ4n) is 4.25. The first-order valence-electron chi connectivity index (χ1n) is 11.6. The van der Waals surface area contributed by atoms with Crippen molar-refractivity contribution in [3.05, 3.63) is 93.9 Å². The number of carboxylic acid groups (broad SMARTS) is 1. The lowest BCUT2D eigenvalue weighted by atomic mass is 10.0. The summed E-state index contributed by atoms with van der Waals surface area (Å²) < 4.78 is 12.2. The number of carboxylic acids is 1. The predicted molar refractivity (Wildman–Crippen MR) is 130 cm³/mol. The SMILES string of the molecule is CCCC(C(=O)N[C@@H](CC(=O)O)c1ccc2c(c1)OCO2)n1cccc(Cc2ccccc2)c1=O. The van der Waals surface area contributed by atoms with Crippen LogP contribution in [0, 0.1) is 0 Å². The molecule has 0 bridgehead atoms. The van der Waals surface area contributed by atoms with Crippen LogP contribution in [-0.4, -0.2) is 28.3 Å². The van der Waals surface area contributed by atoms with E-state index in [4.69, 9.17) is 9.47 Å². The van der Waals surface area contributed by atoms with E-state index < -0.39 is 24.0 Å². The van der Waals surface area contributed by atoms with Crippen molar-refractivity contribution >= 4 is 11.9 Å². The van der Waals surface area contributed by atoms with Gasteiger partial charge in [0.05, 0.1) is 12.5 Å². The van der Waals surface area contributed by atoms with Gasteiger partial charge in [0.1, 0.15) is 6.04 Å². The zero-order valence-corrected chi connectivity index (χ0v) is 19.5. The molecule has 2 atom stereocenters. The molecule has 8 nitrogen and oxygen atoms in total. The van der Waals surface area contributed by atoms with Gasteiger partial charge in [-0.15, -0.1) is 0 Å². The summed E-state index contributed by atoms with van der Waals surface area (Å²) in [6.07, 6.45) is 2.86. The van der Waals surface area contributed by atoms with Gasteiger partial charge in [-0.3, -0.25) is 14.4 Å². The largest absolute Gasteiger partial charge is 0.481 e. The van der Waals surface area contributed by atoms with Gasteiger partial charge in [-0.2, -0.15) is 0 Å². The van der Waals surface area contributed by atoms with Crippen molar-refractivity contribution in [1.29, 1.82) is 0 Å². The molecular formula is C27H28N2O6. The second-order valence-corrected chi connectivity index (χ2v) is 8.48. The van der Waals surface area contributed by atoms with Crippen molar-refractivity contribution in [2.45, 2.75) is 44.7 Å². The maximum Gasteiger partial charge on any atom is 0.305 e. The number of benzene rings is 2. The van der Waals surface area contributed by atoms with E-state index in [1.807, 2.05) is 37.3 Å². The molecule has 1 unspecified atom stereocenters. The first-order chi connectivity index (χ1) is 17.0. The second kappa shape index (κ2) is 10.9. The number of carbonyl (C=O) groups is 2. The molecular weight excluding hydrogens is 448 g/mol. The number of amides is 1. The van der Waals surface area contributed by atoms with Gasteiger partial charge in [0.25, 0.3) is 5.56 Å². The smallest absolute Gasteiger partial charge is 0.305 e. The van der Waals surface area contributed by atoms with Crippen molar-refractivity contribution < 1.29 is 24.2 Å². The summed E-state index contributed by atoms with van der Waals surface area (Å²) in [5.74, 6) is -0.390. The Morgan fingerprint density at radius 1 is 1.06 bits per heavy atom. The van der Waals surface area contributed by atoms with Gasteiger partial charge < -0.3 is 24.5 Å². The van der Waals surface area contributed by atoms with Gasteiger partial charge in [-0.05, 0) is 35.7 Å². The summed E-state index contributed by atoms with van der Waals surface area (Å²) in [5, 5.41) is 12.3. The normalized spacial score (nSPS) is 13.7. The molecule has 35 heavy (non-hydrogen) atoms. The fourth-order valence-corrected chi connectivity index (χ4v) is 4.25. The highest BCUT2D eigenvalue weighted by Gasteiger charge is 2.27. The molecule has 1 aliphatic heterocycles. The second-order valence-electron chi connectivity index (χ2n) is 8.48. The Bertz CT molecular complexity index is 1250. The van der Waals surface area contributed by atoms with Crippen LogP contribution in [0.25, 0.3) is 0 Å². The molecule has 1 amide bonds. The van der Waals surface area contributed by atoms with Crippen LogP contribution < -0.4 is 20.3 Å². The van der Waals surface area contributed by atoms with Gasteiger partial charge >= 0.3 is 5.97 Å². The van der Waals surface area contributed by atoms with Crippen LogP contribution in [0.1, 0.15) is 55.0 Å². The van der Waals surface area contributed by atoms with E-state index in [0.29, 0.717) is 41.9 Å². The minimum Gasteiger partial charge on any atom is -0.481 e. The van der Waals surface area contributed by atoms with Crippen LogP contribution in [-0.2, 0) is 16.0 Å². The summed E-state index contributed by atoms with van der Waals surface area (Å²) in [6, 6.07) is 16.7. The molecule has 0 saturated heterocycles. The first-order valence-corrected chi connectivity index (χ1v) is 11.6. The Morgan fingerprint density at radius 2 is 1.83 bits per heavy atom. The third-order valence-electron chi connectivity index (χ3n) is 5.99. The highest BCUT2D eigenvalue weighted by Crippen LogP contribution is 2.35. The maximum absolute atomic E-state index is 13.4. The van der Waals surface area contributed by atoms with E-state index in [-0.39, 0.29) is 18.8 Å². The third kappa shape index (κ3) is 5.71. The minimum absolute atomic E-state index is 0.0928. The summed E-state index contributed by atoms with van der Waals surface area (Å²) in [4.78, 5) is 38.3. The number of hydrogen-bond acceptors (Lipinski definition) is 5. The predicted octanol–water partition coefficient (Wildman–Crippen LogP) is 3.84. The summed E-state index contributed by atoms with van der Waals surface area (Å²) in [6.45, 7) is 2.03. The maximum atomic E-state index is 13.4. The number of rotatable bonds is 10. The molecule has 182 valence electrons. The Morgan fingerprint density at radius 3 is 2.57 bits per heavy atom. The first kappa shape index (κ1) is 24.1. The zero-order chi connectivity index (χ0) is 24.8. The number of nitrogens with zero attached hydrogens (tertiary/aromatic N) is 1. The van der Waals surface area contributed by atoms with Crippen molar-refractivity contribution in [3.63, 3.8) is 0 Å². The molecule has 0 spiro atoms. The van der Waals surface area contributed by atoms with Gasteiger partial charge in [-0.1, -0.05) is 55.8 Å². The van der Waals surface area contributed by atoms with E-state index in [1.54, 1.807) is 36.5 Å². The van der Waals surface area contributed by atoms with E-state index in [2.05, 4.69) is 5.32 Å². The zero-order valence-electron chi connectivity index (χ0n) is 19.5. The lowest BCUT2D eigenvalue weighted by Gasteiger charge is -2.24. The Labute approximate surface area is 203 Å². The Balaban J connectivity index is 1.60. The van der Waals surface area contributed by atoms with E-state index in [0.717, 1.165) is 5.56 Å². The Hall–Kier alpha value is -4.07. The molecule has 0 fully saturated rings. The molecule has 2 aromatic carbocycles. The standard InChI is InChI=1S/C27H28N2O6/c1-2-7-22(29-13-6-10-20(27(29)33)14-18-8-4-3-5-9-18)26(32)28-21(16-25(30)31)19-11-12-23-24(15-19)35-17-34-23/h3-6,8-13,15,21-22H,2,7,14,16-17H2,1H3,(H,28,32)(H,30,31)/t21-,22?/m0/s1. The number of hydrogen-bond donors (Lipinski definition) is 2. The molecule has 4 rings (SSSR count). The number of carbonyl (C=O) groups excluding carboxylic acids is 1. The summed E-state index contributed by atoms with van der Waals surface area (Å²) in [7, 11) is 0. The van der Waals surface area contributed by atoms with Gasteiger partial charge in [0.2, 0.25) is 12.7 Å². The lowest BCUT2D eigenvalue weighted by Crippen LogP contribution is -2.40. The average Bonchev–Trinajstić information content (AvgIpc) is 3.32. The molecule has 1 aliphatic rings. The number of aliphatic carboxylic acids is 1.